The maximum atomic E-state index is 12.2. The minimum absolute atomic E-state index is 0.0146. The van der Waals surface area contributed by atoms with Gasteiger partial charge in [0.15, 0.2) is 24.8 Å². The zero-order valence-electron chi connectivity index (χ0n) is 20.7. The molecule has 0 bridgehead atoms. The highest BCUT2D eigenvalue weighted by molar-refractivity contribution is 8.08. The zero-order valence-corrected chi connectivity index (χ0v) is 22.3. The van der Waals surface area contributed by atoms with Crippen LogP contribution in [-0.4, -0.2) is 33.4 Å². The van der Waals surface area contributed by atoms with Gasteiger partial charge in [-0.3, -0.25) is 0 Å². The summed E-state index contributed by atoms with van der Waals surface area (Å²) < 4.78 is 48.7. The summed E-state index contributed by atoms with van der Waals surface area (Å²) in [5, 5.41) is -0.658. The predicted molar refractivity (Wildman–Crippen MR) is 136 cm³/mol. The van der Waals surface area contributed by atoms with E-state index in [9.17, 15) is 16.8 Å². The van der Waals surface area contributed by atoms with E-state index in [0.717, 1.165) is 38.5 Å². The number of hydrogen-bond donors (Lipinski definition) is 0. The number of sulfone groups is 2. The first-order valence-corrected chi connectivity index (χ1v) is 16.9. The van der Waals surface area contributed by atoms with Crippen molar-refractivity contribution in [3.63, 3.8) is 0 Å². The molecule has 188 valence electrons. The Morgan fingerprint density at radius 2 is 0.581 bits per heavy atom. The Hall–Kier alpha value is -0.100. The van der Waals surface area contributed by atoms with Crippen LogP contribution in [0.15, 0.2) is 0 Å². The Kier molecular flexibility index (Phi) is 20.4. The van der Waals surface area contributed by atoms with Crippen LogP contribution in [-0.2, 0) is 19.7 Å². The summed E-state index contributed by atoms with van der Waals surface area (Å²) in [5.41, 5.74) is 0. The molecule has 0 amide bonds. The molecule has 0 radical (unpaired) electrons. The van der Waals surface area contributed by atoms with E-state index in [2.05, 4.69) is 13.8 Å². The van der Waals surface area contributed by atoms with E-state index in [4.69, 9.17) is 0 Å². The monoisotopic (exact) mass is 480 g/mol. The minimum atomic E-state index is -3.50. The fourth-order valence-corrected chi connectivity index (χ4v) is 8.43. The molecule has 0 N–H and O–H groups in total. The van der Waals surface area contributed by atoms with E-state index < -0.39 is 24.8 Å². The Morgan fingerprint density at radius 3 is 0.839 bits per heavy atom. The first-order chi connectivity index (χ1) is 14.8. The molecule has 31 heavy (non-hydrogen) atoms. The molecule has 0 spiro atoms. The largest absolute Gasteiger partial charge is 0.228 e. The van der Waals surface area contributed by atoms with Crippen LogP contribution in [0.3, 0.4) is 0 Å². The highest BCUT2D eigenvalue weighted by Crippen LogP contribution is 2.13. The van der Waals surface area contributed by atoms with Gasteiger partial charge in [-0.15, -0.1) is 0 Å². The molecular formula is C25H52O4S2. The highest BCUT2D eigenvalue weighted by Gasteiger charge is 2.21. The fourth-order valence-electron chi connectivity index (χ4n) is 4.01. The van der Waals surface area contributed by atoms with E-state index >= 15 is 0 Å². The van der Waals surface area contributed by atoms with E-state index in [1.54, 1.807) is 0 Å². The van der Waals surface area contributed by atoms with Crippen LogP contribution in [0.2, 0.25) is 0 Å². The van der Waals surface area contributed by atoms with Crippen molar-refractivity contribution < 1.29 is 16.8 Å². The van der Waals surface area contributed by atoms with Gasteiger partial charge in [-0.2, -0.15) is 0 Å². The Labute approximate surface area is 195 Å². The van der Waals surface area contributed by atoms with Gasteiger partial charge in [-0.05, 0) is 12.8 Å². The van der Waals surface area contributed by atoms with E-state index in [-0.39, 0.29) is 11.5 Å². The van der Waals surface area contributed by atoms with Crippen molar-refractivity contribution in [2.24, 2.45) is 0 Å². The van der Waals surface area contributed by atoms with Crippen molar-refractivity contribution in [2.75, 3.05) is 16.6 Å². The topological polar surface area (TPSA) is 68.3 Å². The van der Waals surface area contributed by atoms with Crippen LogP contribution in [0, 0.1) is 0 Å². The molecule has 0 aliphatic rings. The summed E-state index contributed by atoms with van der Waals surface area (Å²) in [5.74, 6) is 0.0293. The second-order valence-electron chi connectivity index (χ2n) is 9.38. The zero-order chi connectivity index (χ0) is 23.3. The van der Waals surface area contributed by atoms with Gasteiger partial charge in [-0.25, -0.2) is 16.8 Å². The average molecular weight is 481 g/mol. The summed E-state index contributed by atoms with van der Waals surface area (Å²) in [6.07, 6.45) is 22.8. The second kappa shape index (κ2) is 20.5. The smallest absolute Gasteiger partial charge is 0.164 e. The van der Waals surface area contributed by atoms with Gasteiger partial charge in [0.05, 0.1) is 11.5 Å². The molecule has 4 nitrogen and oxygen atoms in total. The van der Waals surface area contributed by atoms with Crippen molar-refractivity contribution in [2.45, 2.75) is 142 Å². The fraction of sp³-hybridized carbons (Fsp3) is 1.00. The average Bonchev–Trinajstić information content (AvgIpc) is 2.70. The molecule has 0 saturated carbocycles. The summed E-state index contributed by atoms with van der Waals surface area (Å²) in [6.45, 7) is 4.44. The molecule has 0 aromatic rings. The number of unbranched alkanes of at least 4 members (excludes halogenated alkanes) is 18. The van der Waals surface area contributed by atoms with Crippen LogP contribution in [0.4, 0.5) is 0 Å². The lowest BCUT2D eigenvalue weighted by molar-refractivity contribution is 0.556. The van der Waals surface area contributed by atoms with Crippen molar-refractivity contribution in [1.82, 2.24) is 0 Å². The summed E-state index contributed by atoms with van der Waals surface area (Å²) in [6, 6.07) is 0. The Balaban J connectivity index is 3.71. The molecule has 0 aromatic carbocycles. The predicted octanol–water partition coefficient (Wildman–Crippen LogP) is 7.62. The molecular weight excluding hydrogens is 428 g/mol. The number of rotatable bonds is 24. The van der Waals surface area contributed by atoms with Crippen LogP contribution >= 0.6 is 0 Å². The molecule has 0 aliphatic heterocycles. The van der Waals surface area contributed by atoms with E-state index in [1.165, 1.54) is 77.0 Å². The van der Waals surface area contributed by atoms with E-state index in [0.29, 0.717) is 12.8 Å². The maximum absolute atomic E-state index is 12.2. The van der Waals surface area contributed by atoms with Gasteiger partial charge in [0, 0.05) is 0 Å². The lowest BCUT2D eigenvalue weighted by Crippen LogP contribution is -2.21. The molecule has 6 heteroatoms. The van der Waals surface area contributed by atoms with Gasteiger partial charge in [0.2, 0.25) is 0 Å². The van der Waals surface area contributed by atoms with Crippen LogP contribution in [0.1, 0.15) is 142 Å². The molecule has 0 aliphatic carbocycles. The first kappa shape index (κ1) is 30.9. The van der Waals surface area contributed by atoms with Gasteiger partial charge in [0.25, 0.3) is 0 Å². The van der Waals surface area contributed by atoms with Gasteiger partial charge in [-0.1, -0.05) is 129 Å². The van der Waals surface area contributed by atoms with Gasteiger partial charge >= 0.3 is 0 Å². The summed E-state index contributed by atoms with van der Waals surface area (Å²) in [4.78, 5) is 0. The lowest BCUT2D eigenvalue weighted by atomic mass is 10.1. The molecule has 0 saturated heterocycles. The third-order valence-corrected chi connectivity index (χ3v) is 10.7. The third kappa shape index (κ3) is 22.9. The summed E-state index contributed by atoms with van der Waals surface area (Å²) >= 11 is 0. The van der Waals surface area contributed by atoms with Crippen LogP contribution < -0.4 is 0 Å². The van der Waals surface area contributed by atoms with E-state index in [1.807, 2.05) is 0 Å². The molecule has 0 atom stereocenters. The Bertz CT molecular complexity index is 531. The minimum Gasteiger partial charge on any atom is -0.228 e. The van der Waals surface area contributed by atoms with Gasteiger partial charge < -0.3 is 0 Å². The molecule has 0 aromatic heterocycles. The van der Waals surface area contributed by atoms with Gasteiger partial charge in [0.1, 0.15) is 0 Å². The highest BCUT2D eigenvalue weighted by atomic mass is 32.3. The van der Waals surface area contributed by atoms with Crippen molar-refractivity contribution in [3.05, 3.63) is 0 Å². The normalized spacial score (nSPS) is 12.5. The number of hydrogen-bond acceptors (Lipinski definition) is 4. The molecule has 0 unspecified atom stereocenters. The molecule has 0 fully saturated rings. The standard InChI is InChI=1S/C25H52O4S2/c1-3-5-7-9-11-13-15-17-19-21-23-30(26,27)25-31(28,29)24-22-20-18-16-14-12-10-8-6-4-2/h3-25H2,1-2H3. The first-order valence-electron chi connectivity index (χ1n) is 13.2. The molecule has 0 rings (SSSR count). The SMILES string of the molecule is CCCCCCCCCCCCS(=O)(=O)CS(=O)(=O)CCCCCCCCCCCC. The lowest BCUT2D eigenvalue weighted by Gasteiger charge is -2.07. The maximum Gasteiger partial charge on any atom is 0.164 e. The Morgan fingerprint density at radius 1 is 0.355 bits per heavy atom. The third-order valence-electron chi connectivity index (χ3n) is 5.98. The van der Waals surface area contributed by atoms with Crippen LogP contribution in [0.25, 0.3) is 0 Å². The van der Waals surface area contributed by atoms with Crippen molar-refractivity contribution in [1.29, 1.82) is 0 Å². The second-order valence-corrected chi connectivity index (χ2v) is 14.1. The van der Waals surface area contributed by atoms with Crippen molar-refractivity contribution >= 4 is 19.7 Å². The molecule has 0 heterocycles. The quantitative estimate of drug-likeness (QED) is 0.133. The van der Waals surface area contributed by atoms with Crippen LogP contribution in [0.5, 0.6) is 0 Å². The van der Waals surface area contributed by atoms with Crippen molar-refractivity contribution in [3.8, 4) is 0 Å². The summed E-state index contributed by atoms with van der Waals surface area (Å²) in [7, 11) is -6.99.